The second kappa shape index (κ2) is 7.52. The molecular weight excluding hydrogens is 308 g/mol. The lowest BCUT2D eigenvalue weighted by atomic mass is 10.1. The average molecular weight is 334 g/mol. The highest BCUT2D eigenvalue weighted by molar-refractivity contribution is 5.48. The summed E-state index contributed by atoms with van der Waals surface area (Å²) < 4.78 is 0. The van der Waals surface area contributed by atoms with E-state index >= 15 is 0 Å². The van der Waals surface area contributed by atoms with E-state index in [2.05, 4.69) is 64.4 Å². The van der Waals surface area contributed by atoms with Gasteiger partial charge in [0.25, 0.3) is 0 Å². The van der Waals surface area contributed by atoms with Crippen LogP contribution in [0, 0.1) is 0 Å². The molecule has 0 aromatic heterocycles. The van der Waals surface area contributed by atoms with Crippen LogP contribution < -0.4 is 0 Å². The summed E-state index contributed by atoms with van der Waals surface area (Å²) >= 11 is 0. The molecule has 1 aliphatic carbocycles. The van der Waals surface area contributed by atoms with E-state index in [1.54, 1.807) is 0 Å². The second-order valence-electron chi connectivity index (χ2n) is 7.06. The van der Waals surface area contributed by atoms with Gasteiger partial charge in [-0.1, -0.05) is 66.7 Å². The maximum atomic E-state index is 10.7. The highest BCUT2D eigenvalue weighted by Crippen LogP contribution is 2.34. The van der Waals surface area contributed by atoms with Crippen molar-refractivity contribution in [3.63, 3.8) is 0 Å². The SMILES string of the molecule is OC1c2ccccc2CC1N1CCN(C/C=C/c2ccccc2)CC1. The molecule has 3 heteroatoms. The normalized spacial score (nSPS) is 24.7. The van der Waals surface area contributed by atoms with E-state index in [-0.39, 0.29) is 12.1 Å². The van der Waals surface area contributed by atoms with Crippen molar-refractivity contribution in [3.05, 3.63) is 77.4 Å². The number of fused-ring (bicyclic) bond motifs is 1. The average Bonchev–Trinajstić information content (AvgIpc) is 3.00. The number of hydrogen-bond acceptors (Lipinski definition) is 3. The first kappa shape index (κ1) is 16.5. The van der Waals surface area contributed by atoms with E-state index in [1.807, 2.05) is 12.1 Å². The van der Waals surface area contributed by atoms with Gasteiger partial charge in [0.15, 0.2) is 0 Å². The van der Waals surface area contributed by atoms with Gasteiger partial charge in [-0.2, -0.15) is 0 Å². The van der Waals surface area contributed by atoms with Crippen LogP contribution in [0.5, 0.6) is 0 Å². The summed E-state index contributed by atoms with van der Waals surface area (Å²) in [7, 11) is 0. The Kier molecular flexibility index (Phi) is 4.97. The van der Waals surface area contributed by atoms with Crippen LogP contribution in [-0.4, -0.2) is 53.7 Å². The third-order valence-corrected chi connectivity index (χ3v) is 5.52. The molecule has 2 aromatic carbocycles. The van der Waals surface area contributed by atoms with E-state index in [0.29, 0.717) is 0 Å². The molecule has 0 radical (unpaired) electrons. The summed E-state index contributed by atoms with van der Waals surface area (Å²) in [6.45, 7) is 5.21. The van der Waals surface area contributed by atoms with Crippen LogP contribution in [0.2, 0.25) is 0 Å². The Labute approximate surface area is 150 Å². The number of rotatable bonds is 4. The molecule has 1 fully saturated rings. The first-order valence-electron chi connectivity index (χ1n) is 9.25. The summed E-state index contributed by atoms with van der Waals surface area (Å²) in [5.74, 6) is 0. The zero-order valence-corrected chi connectivity index (χ0v) is 14.6. The van der Waals surface area contributed by atoms with Crippen molar-refractivity contribution < 1.29 is 5.11 Å². The molecule has 1 saturated heterocycles. The maximum Gasteiger partial charge on any atom is 0.0951 e. The van der Waals surface area contributed by atoms with Crippen LogP contribution in [-0.2, 0) is 6.42 Å². The monoisotopic (exact) mass is 334 g/mol. The number of benzene rings is 2. The fourth-order valence-electron chi connectivity index (χ4n) is 4.06. The summed E-state index contributed by atoms with van der Waals surface area (Å²) in [5.41, 5.74) is 3.70. The molecule has 1 N–H and O–H groups in total. The van der Waals surface area contributed by atoms with Crippen molar-refractivity contribution >= 4 is 6.08 Å². The Bertz CT molecular complexity index is 720. The number of piperazine rings is 1. The van der Waals surface area contributed by atoms with Gasteiger partial charge < -0.3 is 5.11 Å². The van der Waals surface area contributed by atoms with Gasteiger partial charge in [0, 0.05) is 38.8 Å². The molecule has 25 heavy (non-hydrogen) atoms. The van der Waals surface area contributed by atoms with E-state index in [0.717, 1.165) is 44.7 Å². The van der Waals surface area contributed by atoms with Crippen molar-refractivity contribution in [2.24, 2.45) is 0 Å². The zero-order chi connectivity index (χ0) is 17.1. The van der Waals surface area contributed by atoms with Crippen LogP contribution in [0.15, 0.2) is 60.7 Å². The minimum absolute atomic E-state index is 0.249. The quantitative estimate of drug-likeness (QED) is 0.931. The second-order valence-corrected chi connectivity index (χ2v) is 7.06. The number of aliphatic hydroxyl groups excluding tert-OH is 1. The van der Waals surface area contributed by atoms with Gasteiger partial charge in [-0.15, -0.1) is 0 Å². The zero-order valence-electron chi connectivity index (χ0n) is 14.6. The van der Waals surface area contributed by atoms with Crippen molar-refractivity contribution in [2.45, 2.75) is 18.6 Å². The Balaban J connectivity index is 1.28. The van der Waals surface area contributed by atoms with Crippen LogP contribution in [0.4, 0.5) is 0 Å². The summed E-state index contributed by atoms with van der Waals surface area (Å²) in [5, 5.41) is 10.7. The van der Waals surface area contributed by atoms with Gasteiger partial charge in [0.05, 0.1) is 6.10 Å². The van der Waals surface area contributed by atoms with Crippen LogP contribution in [0.25, 0.3) is 6.08 Å². The van der Waals surface area contributed by atoms with Crippen molar-refractivity contribution in [1.82, 2.24) is 9.80 Å². The minimum Gasteiger partial charge on any atom is -0.387 e. The molecule has 2 aliphatic rings. The van der Waals surface area contributed by atoms with Crippen LogP contribution in [0.3, 0.4) is 0 Å². The Morgan fingerprint density at radius 3 is 2.40 bits per heavy atom. The van der Waals surface area contributed by atoms with Crippen LogP contribution in [0.1, 0.15) is 22.8 Å². The first-order chi connectivity index (χ1) is 12.3. The van der Waals surface area contributed by atoms with E-state index in [1.165, 1.54) is 11.1 Å². The van der Waals surface area contributed by atoms with Crippen LogP contribution >= 0.6 is 0 Å². The van der Waals surface area contributed by atoms with E-state index < -0.39 is 0 Å². The standard InChI is InChI=1S/C22H26N2O/c25-22-20-11-5-4-10-19(20)17-21(22)24-15-13-23(14-16-24)12-6-9-18-7-2-1-3-8-18/h1-11,21-22,25H,12-17H2/b9-6+. The molecule has 4 rings (SSSR count). The molecule has 0 bridgehead atoms. The lowest BCUT2D eigenvalue weighted by Gasteiger charge is -2.38. The Morgan fingerprint density at radius 1 is 0.920 bits per heavy atom. The Hall–Kier alpha value is -1.94. The molecule has 2 aromatic rings. The van der Waals surface area contributed by atoms with Crippen molar-refractivity contribution in [3.8, 4) is 0 Å². The van der Waals surface area contributed by atoms with Crippen molar-refractivity contribution in [2.75, 3.05) is 32.7 Å². The summed E-state index contributed by atoms with van der Waals surface area (Å²) in [6.07, 6.45) is 5.10. The third-order valence-electron chi connectivity index (χ3n) is 5.52. The van der Waals surface area contributed by atoms with Gasteiger partial charge in [-0.25, -0.2) is 0 Å². The Morgan fingerprint density at radius 2 is 1.64 bits per heavy atom. The van der Waals surface area contributed by atoms with E-state index in [9.17, 15) is 5.11 Å². The van der Waals surface area contributed by atoms with Gasteiger partial charge in [-0.05, 0) is 23.1 Å². The van der Waals surface area contributed by atoms with Crippen molar-refractivity contribution in [1.29, 1.82) is 0 Å². The molecule has 0 spiro atoms. The number of nitrogens with zero attached hydrogens (tertiary/aromatic N) is 2. The molecular formula is C22H26N2O. The predicted octanol–water partition coefficient (Wildman–Crippen LogP) is 2.98. The molecule has 1 aliphatic heterocycles. The fraction of sp³-hybridized carbons (Fsp3) is 0.364. The number of hydrogen-bond donors (Lipinski definition) is 1. The predicted molar refractivity (Wildman–Crippen MR) is 102 cm³/mol. The molecule has 1 heterocycles. The first-order valence-corrected chi connectivity index (χ1v) is 9.25. The van der Waals surface area contributed by atoms with Gasteiger partial charge >= 0.3 is 0 Å². The minimum atomic E-state index is -0.333. The summed E-state index contributed by atoms with van der Waals surface area (Å²) in [4.78, 5) is 4.96. The maximum absolute atomic E-state index is 10.7. The van der Waals surface area contributed by atoms with Gasteiger partial charge in [-0.3, -0.25) is 9.80 Å². The lowest BCUT2D eigenvalue weighted by molar-refractivity contribution is 0.0301. The fourth-order valence-corrected chi connectivity index (χ4v) is 4.06. The highest BCUT2D eigenvalue weighted by Gasteiger charge is 2.35. The molecule has 0 saturated carbocycles. The third kappa shape index (κ3) is 3.69. The molecule has 0 amide bonds. The largest absolute Gasteiger partial charge is 0.387 e. The molecule has 2 atom stereocenters. The number of aliphatic hydroxyl groups is 1. The van der Waals surface area contributed by atoms with Gasteiger partial charge in [0.1, 0.15) is 0 Å². The molecule has 130 valence electrons. The summed E-state index contributed by atoms with van der Waals surface area (Å²) in [6, 6.07) is 19.0. The molecule has 3 nitrogen and oxygen atoms in total. The smallest absolute Gasteiger partial charge is 0.0951 e. The van der Waals surface area contributed by atoms with Gasteiger partial charge in [0.2, 0.25) is 0 Å². The lowest BCUT2D eigenvalue weighted by Crippen LogP contribution is -2.51. The van der Waals surface area contributed by atoms with E-state index in [4.69, 9.17) is 0 Å². The topological polar surface area (TPSA) is 26.7 Å². The molecule has 2 unspecified atom stereocenters. The highest BCUT2D eigenvalue weighted by atomic mass is 16.3.